The molecule has 16 heteroatoms. The summed E-state index contributed by atoms with van der Waals surface area (Å²) in [4.78, 5) is 73.5. The Hall–Kier alpha value is -6.02. The zero-order valence-electron chi connectivity index (χ0n) is 36.8. The van der Waals surface area contributed by atoms with Crippen LogP contribution in [0, 0.1) is 11.3 Å². The first-order valence-corrected chi connectivity index (χ1v) is 22.0. The molecule has 0 radical (unpaired) electrons. The predicted octanol–water partition coefficient (Wildman–Crippen LogP) is 2.99. The molecule has 16 nitrogen and oxygen atoms in total. The van der Waals surface area contributed by atoms with Crippen LogP contribution in [0.25, 0.3) is 11.1 Å². The molecule has 0 aromatic heterocycles. The van der Waals surface area contributed by atoms with E-state index in [1.54, 1.807) is 36.4 Å². The minimum Gasteiger partial charge on any atom is -0.492 e. The summed E-state index contributed by atoms with van der Waals surface area (Å²) in [5, 5.41) is 17.2. The van der Waals surface area contributed by atoms with Gasteiger partial charge in [0.15, 0.2) is 0 Å². The predicted molar refractivity (Wildman–Crippen MR) is 239 cm³/mol. The number of hydrogen-bond donors (Lipinski definition) is 6. The topological polar surface area (TPSA) is 248 Å². The number of nitrogens with zero attached hydrogens (tertiary/aromatic N) is 3. The summed E-state index contributed by atoms with van der Waals surface area (Å²) in [5.41, 5.74) is 22.3. The first-order chi connectivity index (χ1) is 30.4. The lowest BCUT2D eigenvalue weighted by Gasteiger charge is -2.35. The van der Waals surface area contributed by atoms with Crippen LogP contribution in [0.2, 0.25) is 0 Å². The molecule has 3 aromatic carbocycles. The third-order valence-electron chi connectivity index (χ3n) is 11.5. The number of carbonyl (C=O) groups is 5. The number of aryl methyl sites for hydroxylation is 1. The summed E-state index contributed by atoms with van der Waals surface area (Å²) in [6.07, 6.45) is 8.09. The lowest BCUT2D eigenvalue weighted by Crippen LogP contribution is -2.56. The Labute approximate surface area is 370 Å². The Kier molecular flexibility index (Phi) is 17.9. The Morgan fingerprint density at radius 2 is 1.56 bits per heavy atom. The molecular weight excluding hydrogens is 803 g/mol. The summed E-state index contributed by atoms with van der Waals surface area (Å²) in [6.45, 7) is 4.43. The normalized spacial score (nSPS) is 17.7. The number of nitrogens with one attached hydrogen (secondary N) is 3. The highest BCUT2D eigenvalue weighted by Gasteiger charge is 2.41. The number of amides is 5. The molecule has 63 heavy (non-hydrogen) atoms. The largest absolute Gasteiger partial charge is 0.492 e. The molecule has 2 aliphatic rings. The number of rotatable bonds is 20. The molecule has 0 saturated carbocycles. The van der Waals surface area contributed by atoms with E-state index in [9.17, 15) is 24.0 Å². The molecule has 0 fully saturated rings. The molecule has 0 spiro atoms. The minimum absolute atomic E-state index is 0.0223. The number of benzene rings is 3. The fourth-order valence-electron chi connectivity index (χ4n) is 8.18. The molecule has 0 aliphatic carbocycles. The van der Waals surface area contributed by atoms with E-state index in [1.807, 2.05) is 18.2 Å². The molecular formula is C47H63N9O7. The molecule has 3 aromatic rings. The molecule has 9 N–H and O–H groups in total. The Morgan fingerprint density at radius 1 is 0.873 bits per heavy atom. The van der Waals surface area contributed by atoms with Crippen LogP contribution in [0.1, 0.15) is 97.4 Å². The van der Waals surface area contributed by atoms with Crippen LogP contribution in [0.5, 0.6) is 11.5 Å². The van der Waals surface area contributed by atoms with Crippen molar-refractivity contribution in [3.8, 4) is 28.7 Å². The highest BCUT2D eigenvalue weighted by molar-refractivity contribution is 6.02. The molecule has 0 unspecified atom stereocenters. The maximum atomic E-state index is 14.9. The van der Waals surface area contributed by atoms with E-state index in [-0.39, 0.29) is 64.7 Å². The molecule has 338 valence electrons. The SMILES string of the molecule is CCCCCCCCc1ccc2c(c1)CN([C@@H](CCN)C(=O)N(C)[C@@H]1C(=O)N[C@@H](C)C(=O)N[C@H](C(=O)NCC#N)Cc3ccc(OCCN)c(c3)-c3cc1ccc3OCCN)C2=O. The van der Waals surface area contributed by atoms with E-state index in [0.717, 1.165) is 30.4 Å². The van der Waals surface area contributed by atoms with Crippen molar-refractivity contribution in [3.05, 3.63) is 82.4 Å². The molecule has 2 aliphatic heterocycles. The van der Waals surface area contributed by atoms with Crippen molar-refractivity contribution in [2.24, 2.45) is 17.2 Å². The van der Waals surface area contributed by atoms with E-state index in [2.05, 4.69) is 28.9 Å². The molecule has 5 amide bonds. The molecule has 4 atom stereocenters. The number of fused-ring (bicyclic) bond motifs is 6. The highest BCUT2D eigenvalue weighted by atomic mass is 16.5. The summed E-state index contributed by atoms with van der Waals surface area (Å²) in [7, 11) is 1.49. The van der Waals surface area contributed by atoms with E-state index < -0.39 is 47.8 Å². The van der Waals surface area contributed by atoms with Gasteiger partial charge in [-0.15, -0.1) is 0 Å². The van der Waals surface area contributed by atoms with Gasteiger partial charge in [-0.05, 0) is 85.3 Å². The van der Waals surface area contributed by atoms with Crippen molar-refractivity contribution < 1.29 is 33.4 Å². The van der Waals surface area contributed by atoms with Gasteiger partial charge in [0, 0.05) is 49.8 Å². The van der Waals surface area contributed by atoms with Crippen LogP contribution in [0.3, 0.4) is 0 Å². The van der Waals surface area contributed by atoms with Crippen LogP contribution in [-0.4, -0.2) is 104 Å². The first-order valence-electron chi connectivity index (χ1n) is 22.0. The van der Waals surface area contributed by atoms with Gasteiger partial charge in [0.05, 0.1) is 6.07 Å². The van der Waals surface area contributed by atoms with Crippen molar-refractivity contribution in [2.75, 3.05) is 46.4 Å². The monoisotopic (exact) mass is 865 g/mol. The Balaban J connectivity index is 1.55. The highest BCUT2D eigenvalue weighted by Crippen LogP contribution is 2.40. The van der Waals surface area contributed by atoms with Gasteiger partial charge in [-0.1, -0.05) is 63.3 Å². The van der Waals surface area contributed by atoms with Crippen LogP contribution in [-0.2, 0) is 38.6 Å². The standard InChI is InChI=1S/C47H63N9O7/c1-4-5-6-7-8-9-10-31-11-14-35-34(25-31)29-56(46(35)60)39(17-18-48)47(61)55(3)42-33-13-16-41(63-24-21-51)37(28-33)36-26-32(12-15-40(36)62-23-20-50)27-38(44(58)52-22-19-49)54-43(57)30(2)53-45(42)59/h11-16,25-26,28,30,38-39,42H,4-10,17-18,20-24,27,29,48,50-51H2,1-3H3,(H,52,58)(H,53,59)(H,54,57)/t30-,38-,39-,42-/m0/s1. The Bertz CT molecular complexity index is 2140. The van der Waals surface area contributed by atoms with Crippen LogP contribution >= 0.6 is 0 Å². The third kappa shape index (κ3) is 12.1. The van der Waals surface area contributed by atoms with Gasteiger partial charge in [-0.25, -0.2) is 0 Å². The number of carbonyl (C=O) groups excluding carboxylic acids is 5. The second-order valence-electron chi connectivity index (χ2n) is 16.1. The molecule has 5 rings (SSSR count). The summed E-state index contributed by atoms with van der Waals surface area (Å²) in [5.74, 6) is -1.97. The average Bonchev–Trinajstić information content (AvgIpc) is 3.60. The number of hydrogen-bond acceptors (Lipinski definition) is 11. The molecule has 2 heterocycles. The zero-order valence-corrected chi connectivity index (χ0v) is 36.8. The number of ether oxygens (including phenoxy) is 2. The number of unbranched alkanes of at least 4 members (excludes halogenated alkanes) is 5. The fraction of sp³-hybridized carbons (Fsp3) is 0.489. The van der Waals surface area contributed by atoms with Crippen molar-refractivity contribution in [2.45, 2.75) is 102 Å². The van der Waals surface area contributed by atoms with Gasteiger partial charge >= 0.3 is 0 Å². The van der Waals surface area contributed by atoms with Crippen LogP contribution in [0.15, 0.2) is 54.6 Å². The quantitative estimate of drug-likeness (QED) is 0.0712. The lowest BCUT2D eigenvalue weighted by molar-refractivity contribution is -0.143. The molecule has 0 saturated heterocycles. The van der Waals surface area contributed by atoms with Gasteiger partial charge in [-0.3, -0.25) is 24.0 Å². The van der Waals surface area contributed by atoms with Crippen molar-refractivity contribution in [1.29, 1.82) is 5.26 Å². The third-order valence-corrected chi connectivity index (χ3v) is 11.5. The zero-order chi connectivity index (χ0) is 45.5. The van der Waals surface area contributed by atoms with Crippen LogP contribution in [0.4, 0.5) is 0 Å². The second kappa shape index (κ2) is 23.4. The Morgan fingerprint density at radius 3 is 2.24 bits per heavy atom. The van der Waals surface area contributed by atoms with Crippen molar-refractivity contribution in [3.63, 3.8) is 0 Å². The molecule has 4 bridgehead atoms. The summed E-state index contributed by atoms with van der Waals surface area (Å²) >= 11 is 0. The van der Waals surface area contributed by atoms with Gasteiger partial charge in [0.2, 0.25) is 23.6 Å². The summed E-state index contributed by atoms with van der Waals surface area (Å²) < 4.78 is 12.2. The van der Waals surface area contributed by atoms with Gasteiger partial charge < -0.3 is 52.4 Å². The average molecular weight is 866 g/mol. The van der Waals surface area contributed by atoms with E-state index in [0.29, 0.717) is 39.3 Å². The van der Waals surface area contributed by atoms with E-state index in [1.165, 1.54) is 49.5 Å². The van der Waals surface area contributed by atoms with E-state index >= 15 is 0 Å². The smallest absolute Gasteiger partial charge is 0.255 e. The fourth-order valence-corrected chi connectivity index (χ4v) is 8.18. The number of likely N-dealkylation sites (N-methyl/N-ethyl adjacent to an activating group) is 1. The number of nitriles is 1. The second-order valence-corrected chi connectivity index (χ2v) is 16.1. The van der Waals surface area contributed by atoms with Gasteiger partial charge in [-0.2, -0.15) is 5.26 Å². The maximum Gasteiger partial charge on any atom is 0.255 e. The lowest BCUT2D eigenvalue weighted by atomic mass is 9.93. The first kappa shape index (κ1) is 48.0. The van der Waals surface area contributed by atoms with Gasteiger partial charge in [0.1, 0.15) is 55.4 Å². The van der Waals surface area contributed by atoms with Crippen molar-refractivity contribution in [1.82, 2.24) is 25.8 Å². The van der Waals surface area contributed by atoms with Crippen molar-refractivity contribution >= 4 is 29.5 Å². The van der Waals surface area contributed by atoms with Crippen LogP contribution < -0.4 is 42.6 Å². The van der Waals surface area contributed by atoms with E-state index in [4.69, 9.17) is 31.9 Å². The van der Waals surface area contributed by atoms with Gasteiger partial charge in [0.25, 0.3) is 5.91 Å². The number of nitrogens with two attached hydrogens (primary N) is 3. The maximum absolute atomic E-state index is 14.9. The minimum atomic E-state index is -1.34. The summed E-state index contributed by atoms with van der Waals surface area (Å²) in [6, 6.07) is 13.4.